The molecule has 0 radical (unpaired) electrons. The molecule has 1 aromatic heterocycles. The van der Waals surface area contributed by atoms with Crippen LogP contribution in [0.15, 0.2) is 57.9 Å². The molecule has 178 valence electrons. The molecule has 10 heteroatoms. The number of nitrogens with one attached hydrogen (secondary N) is 1. The molecule has 0 spiro atoms. The second-order valence-electron chi connectivity index (χ2n) is 8.08. The second kappa shape index (κ2) is 9.59. The van der Waals surface area contributed by atoms with E-state index in [9.17, 15) is 24.5 Å². The van der Waals surface area contributed by atoms with E-state index in [0.717, 1.165) is 16.0 Å². The molecule has 1 N–H and O–H groups in total. The van der Waals surface area contributed by atoms with Crippen molar-refractivity contribution in [1.82, 2.24) is 4.90 Å². The van der Waals surface area contributed by atoms with E-state index in [4.69, 9.17) is 4.42 Å². The largest absolute Gasteiger partial charge is 0.457 e. The first-order chi connectivity index (χ1) is 16.6. The van der Waals surface area contributed by atoms with Gasteiger partial charge in [-0.05, 0) is 68.4 Å². The van der Waals surface area contributed by atoms with E-state index in [0.29, 0.717) is 40.1 Å². The summed E-state index contributed by atoms with van der Waals surface area (Å²) in [6.07, 6.45) is 1.42. The molecule has 0 bridgehead atoms. The van der Waals surface area contributed by atoms with Crippen LogP contribution in [0.1, 0.15) is 22.5 Å². The molecule has 0 aliphatic carbocycles. The standard InChI is InChI=1S/C25H21N3O6S/c1-14-4-6-18(7-5-14)26-23(29)13-27-24(30)22(35-25(27)31)12-19-8-9-21(34-19)17-10-15(2)16(3)20(11-17)28(32)33/h4-12H,13H2,1-3H3,(H,26,29)/b22-12+. The van der Waals surface area contributed by atoms with Gasteiger partial charge in [0.25, 0.3) is 16.8 Å². The summed E-state index contributed by atoms with van der Waals surface area (Å²) in [6, 6.07) is 13.6. The lowest BCUT2D eigenvalue weighted by atomic mass is 10.0. The number of furan rings is 1. The summed E-state index contributed by atoms with van der Waals surface area (Å²) in [5, 5.41) is 13.4. The number of hydrogen-bond acceptors (Lipinski definition) is 7. The highest BCUT2D eigenvalue weighted by atomic mass is 32.2. The van der Waals surface area contributed by atoms with Crippen LogP contribution in [0.25, 0.3) is 17.4 Å². The van der Waals surface area contributed by atoms with Gasteiger partial charge in [-0.2, -0.15) is 0 Å². The van der Waals surface area contributed by atoms with Crippen molar-refractivity contribution in [2.75, 3.05) is 11.9 Å². The summed E-state index contributed by atoms with van der Waals surface area (Å²) in [5.41, 5.74) is 3.44. The van der Waals surface area contributed by atoms with Crippen LogP contribution in [0.2, 0.25) is 0 Å². The Balaban J connectivity index is 1.49. The van der Waals surface area contributed by atoms with E-state index in [1.807, 2.05) is 19.1 Å². The number of rotatable bonds is 6. The molecule has 3 aromatic rings. The Morgan fingerprint density at radius 1 is 1.11 bits per heavy atom. The van der Waals surface area contributed by atoms with E-state index in [-0.39, 0.29) is 10.6 Å². The Morgan fingerprint density at radius 2 is 1.83 bits per heavy atom. The van der Waals surface area contributed by atoms with Gasteiger partial charge in [0.1, 0.15) is 18.1 Å². The molecule has 2 heterocycles. The van der Waals surface area contributed by atoms with Crippen molar-refractivity contribution in [3.05, 3.63) is 86.0 Å². The fourth-order valence-electron chi connectivity index (χ4n) is 3.50. The third-order valence-corrected chi connectivity index (χ3v) is 6.44. The number of carbonyl (C=O) groups is 3. The molecule has 1 aliphatic heterocycles. The highest BCUT2D eigenvalue weighted by Gasteiger charge is 2.36. The van der Waals surface area contributed by atoms with E-state index < -0.39 is 28.5 Å². The molecule has 4 rings (SSSR count). The summed E-state index contributed by atoms with van der Waals surface area (Å²) in [6.45, 7) is 4.97. The van der Waals surface area contributed by atoms with Crippen LogP contribution < -0.4 is 5.32 Å². The quantitative estimate of drug-likeness (QED) is 0.276. The summed E-state index contributed by atoms with van der Waals surface area (Å²) < 4.78 is 5.78. The summed E-state index contributed by atoms with van der Waals surface area (Å²) in [7, 11) is 0. The number of aryl methyl sites for hydroxylation is 2. The number of nitro benzene ring substituents is 1. The molecule has 35 heavy (non-hydrogen) atoms. The zero-order valence-corrected chi connectivity index (χ0v) is 20.0. The topological polar surface area (TPSA) is 123 Å². The molecule has 3 amide bonds. The Kier molecular flexibility index (Phi) is 6.57. The molecular weight excluding hydrogens is 470 g/mol. The SMILES string of the molecule is Cc1ccc(NC(=O)CN2C(=O)S/C(=C/c3ccc(-c4cc(C)c(C)c([N+](=O)[O-])c4)o3)C2=O)cc1. The summed E-state index contributed by atoms with van der Waals surface area (Å²) in [4.78, 5) is 49.3. The lowest BCUT2D eigenvalue weighted by molar-refractivity contribution is -0.385. The second-order valence-corrected chi connectivity index (χ2v) is 9.07. The number of amides is 3. The number of imide groups is 1. The predicted octanol–water partition coefficient (Wildman–Crippen LogP) is 5.46. The van der Waals surface area contributed by atoms with Crippen LogP contribution in [-0.2, 0) is 9.59 Å². The van der Waals surface area contributed by atoms with Crippen molar-refractivity contribution in [2.24, 2.45) is 0 Å². The van der Waals surface area contributed by atoms with Crippen LogP contribution >= 0.6 is 11.8 Å². The summed E-state index contributed by atoms with van der Waals surface area (Å²) in [5.74, 6) is -0.400. The number of anilines is 1. The Bertz CT molecular complexity index is 1390. The molecule has 0 saturated carbocycles. The highest BCUT2D eigenvalue weighted by Crippen LogP contribution is 2.34. The monoisotopic (exact) mass is 491 g/mol. The van der Waals surface area contributed by atoms with Gasteiger partial charge in [0.15, 0.2) is 0 Å². The van der Waals surface area contributed by atoms with Crippen LogP contribution in [-0.4, -0.2) is 33.4 Å². The fraction of sp³-hybridized carbons (Fsp3) is 0.160. The molecule has 0 atom stereocenters. The Morgan fingerprint density at radius 3 is 2.51 bits per heavy atom. The molecular formula is C25H21N3O6S. The van der Waals surface area contributed by atoms with Gasteiger partial charge in [0.2, 0.25) is 5.91 Å². The molecule has 1 saturated heterocycles. The number of nitro groups is 1. The first-order valence-electron chi connectivity index (χ1n) is 10.6. The van der Waals surface area contributed by atoms with Crippen molar-refractivity contribution < 1.29 is 23.7 Å². The number of thioether (sulfide) groups is 1. The van der Waals surface area contributed by atoms with Crippen LogP contribution in [0.3, 0.4) is 0 Å². The average molecular weight is 492 g/mol. The van der Waals surface area contributed by atoms with Crippen molar-refractivity contribution in [2.45, 2.75) is 20.8 Å². The van der Waals surface area contributed by atoms with E-state index in [1.54, 1.807) is 44.2 Å². The van der Waals surface area contributed by atoms with Crippen molar-refractivity contribution in [1.29, 1.82) is 0 Å². The predicted molar refractivity (Wildman–Crippen MR) is 133 cm³/mol. The number of benzene rings is 2. The fourth-order valence-corrected chi connectivity index (χ4v) is 4.32. The minimum absolute atomic E-state index is 0.0111. The van der Waals surface area contributed by atoms with Gasteiger partial charge < -0.3 is 9.73 Å². The lowest BCUT2D eigenvalue weighted by Gasteiger charge is -2.12. The highest BCUT2D eigenvalue weighted by molar-refractivity contribution is 8.18. The van der Waals surface area contributed by atoms with Gasteiger partial charge >= 0.3 is 0 Å². The van der Waals surface area contributed by atoms with E-state index >= 15 is 0 Å². The lowest BCUT2D eigenvalue weighted by Crippen LogP contribution is -2.36. The number of carbonyl (C=O) groups excluding carboxylic acids is 3. The minimum Gasteiger partial charge on any atom is -0.457 e. The molecule has 1 fully saturated rings. The smallest absolute Gasteiger partial charge is 0.294 e. The van der Waals surface area contributed by atoms with Gasteiger partial charge in [-0.3, -0.25) is 29.4 Å². The third-order valence-electron chi connectivity index (χ3n) is 5.53. The first-order valence-corrected chi connectivity index (χ1v) is 11.4. The van der Waals surface area contributed by atoms with Gasteiger partial charge in [-0.1, -0.05) is 17.7 Å². The minimum atomic E-state index is -0.598. The third kappa shape index (κ3) is 5.17. The Labute approximate surface area is 204 Å². The van der Waals surface area contributed by atoms with Crippen LogP contribution in [0, 0.1) is 30.9 Å². The van der Waals surface area contributed by atoms with Crippen molar-refractivity contribution >= 4 is 46.3 Å². The van der Waals surface area contributed by atoms with Gasteiger partial charge in [0, 0.05) is 29.0 Å². The van der Waals surface area contributed by atoms with Crippen LogP contribution in [0.5, 0.6) is 0 Å². The van der Waals surface area contributed by atoms with Gasteiger partial charge in [-0.15, -0.1) is 0 Å². The molecule has 9 nitrogen and oxygen atoms in total. The van der Waals surface area contributed by atoms with Crippen LogP contribution in [0.4, 0.5) is 16.2 Å². The molecule has 0 unspecified atom stereocenters. The summed E-state index contributed by atoms with van der Waals surface area (Å²) >= 11 is 0.712. The van der Waals surface area contributed by atoms with E-state index in [1.165, 1.54) is 12.1 Å². The van der Waals surface area contributed by atoms with Crippen molar-refractivity contribution in [3.8, 4) is 11.3 Å². The zero-order chi connectivity index (χ0) is 25.3. The van der Waals surface area contributed by atoms with Gasteiger partial charge in [-0.25, -0.2) is 0 Å². The first kappa shape index (κ1) is 24.0. The van der Waals surface area contributed by atoms with Crippen molar-refractivity contribution in [3.63, 3.8) is 0 Å². The number of nitrogens with zero attached hydrogens (tertiary/aromatic N) is 2. The van der Waals surface area contributed by atoms with E-state index in [2.05, 4.69) is 5.32 Å². The zero-order valence-electron chi connectivity index (χ0n) is 19.2. The van der Waals surface area contributed by atoms with Gasteiger partial charge in [0.05, 0.1) is 9.83 Å². The normalized spacial score (nSPS) is 14.6. The molecule has 1 aliphatic rings. The molecule has 2 aromatic carbocycles. The maximum absolute atomic E-state index is 12.8. The maximum atomic E-state index is 12.8. The maximum Gasteiger partial charge on any atom is 0.294 e. The average Bonchev–Trinajstić information content (AvgIpc) is 3.37. The Hall–Kier alpha value is -4.18. The number of hydrogen-bond donors (Lipinski definition) is 1.